The van der Waals surface area contributed by atoms with Crippen LogP contribution in [0.4, 0.5) is 5.69 Å². The fourth-order valence-corrected chi connectivity index (χ4v) is 3.83. The predicted octanol–water partition coefficient (Wildman–Crippen LogP) is 2.17. The Kier molecular flexibility index (Phi) is 4.27. The average Bonchev–Trinajstić information content (AvgIpc) is 2.46. The van der Waals surface area contributed by atoms with E-state index in [2.05, 4.69) is 0 Å². The number of carbonyl (C=O) groups is 1. The molecule has 1 aromatic rings. The van der Waals surface area contributed by atoms with E-state index in [1.165, 1.54) is 6.26 Å². The van der Waals surface area contributed by atoms with Crippen LogP contribution in [-0.4, -0.2) is 38.8 Å². The number of hydrogen-bond acceptors (Lipinski definition) is 4. The van der Waals surface area contributed by atoms with E-state index in [0.29, 0.717) is 42.9 Å². The van der Waals surface area contributed by atoms with Crippen LogP contribution in [0.1, 0.15) is 26.2 Å². The largest absolute Gasteiger partial charge is 0.481 e. The molecule has 21 heavy (non-hydrogen) atoms. The lowest BCUT2D eigenvalue weighted by Crippen LogP contribution is -2.44. The van der Waals surface area contributed by atoms with Gasteiger partial charge in [0.1, 0.15) is 0 Å². The van der Waals surface area contributed by atoms with Gasteiger partial charge in [-0.2, -0.15) is 0 Å². The third kappa shape index (κ3) is 3.05. The Morgan fingerprint density at radius 3 is 2.33 bits per heavy atom. The van der Waals surface area contributed by atoms with E-state index >= 15 is 0 Å². The van der Waals surface area contributed by atoms with Crippen LogP contribution in [0.5, 0.6) is 0 Å². The van der Waals surface area contributed by atoms with Crippen molar-refractivity contribution < 1.29 is 18.3 Å². The molecule has 1 heterocycles. The van der Waals surface area contributed by atoms with E-state index in [1.807, 2.05) is 17.9 Å². The van der Waals surface area contributed by atoms with Crippen LogP contribution in [0.3, 0.4) is 0 Å². The van der Waals surface area contributed by atoms with Crippen molar-refractivity contribution in [2.45, 2.75) is 31.1 Å². The zero-order chi connectivity index (χ0) is 15.7. The SMILES string of the molecule is CCC1(C(=O)O)CCN(c2ccccc2S(C)(=O)=O)CC1. The summed E-state index contributed by atoms with van der Waals surface area (Å²) >= 11 is 0. The van der Waals surface area contributed by atoms with E-state index in [4.69, 9.17) is 0 Å². The van der Waals surface area contributed by atoms with Gasteiger partial charge in [0, 0.05) is 19.3 Å². The molecule has 1 saturated heterocycles. The third-order valence-electron chi connectivity index (χ3n) is 4.46. The summed E-state index contributed by atoms with van der Waals surface area (Å²) in [6, 6.07) is 6.90. The number of sulfone groups is 1. The summed E-state index contributed by atoms with van der Waals surface area (Å²) in [5, 5.41) is 9.42. The summed E-state index contributed by atoms with van der Waals surface area (Å²) in [5.74, 6) is -0.749. The molecule has 2 rings (SSSR count). The first kappa shape index (κ1) is 15.8. The molecule has 6 heteroatoms. The van der Waals surface area contributed by atoms with Crippen molar-refractivity contribution in [3.63, 3.8) is 0 Å². The van der Waals surface area contributed by atoms with Gasteiger partial charge in [-0.25, -0.2) is 8.42 Å². The molecule has 1 aliphatic rings. The van der Waals surface area contributed by atoms with Gasteiger partial charge in [-0.15, -0.1) is 0 Å². The number of hydrogen-bond donors (Lipinski definition) is 1. The predicted molar refractivity (Wildman–Crippen MR) is 81.4 cm³/mol. The standard InChI is InChI=1S/C15H21NO4S/c1-3-15(14(17)18)8-10-16(11-9-15)12-6-4-5-7-13(12)21(2,19)20/h4-7H,3,8-11H2,1-2H3,(H,17,18). The van der Waals surface area contributed by atoms with Gasteiger partial charge >= 0.3 is 5.97 Å². The zero-order valence-electron chi connectivity index (χ0n) is 12.4. The van der Waals surface area contributed by atoms with Gasteiger partial charge in [0.2, 0.25) is 0 Å². The number of rotatable bonds is 4. The Bertz CT molecular complexity index is 631. The van der Waals surface area contributed by atoms with E-state index in [-0.39, 0.29) is 0 Å². The van der Waals surface area contributed by atoms with Crippen molar-refractivity contribution in [2.24, 2.45) is 5.41 Å². The van der Waals surface area contributed by atoms with E-state index in [0.717, 1.165) is 0 Å². The molecule has 1 aromatic carbocycles. The Balaban J connectivity index is 2.26. The third-order valence-corrected chi connectivity index (χ3v) is 5.60. The number of carboxylic acids is 1. The maximum absolute atomic E-state index is 11.9. The van der Waals surface area contributed by atoms with Gasteiger partial charge in [0.15, 0.2) is 9.84 Å². The van der Waals surface area contributed by atoms with Gasteiger partial charge < -0.3 is 10.0 Å². The Morgan fingerprint density at radius 2 is 1.86 bits per heavy atom. The molecule has 0 unspecified atom stereocenters. The number of benzene rings is 1. The van der Waals surface area contributed by atoms with Crippen molar-refractivity contribution in [1.29, 1.82) is 0 Å². The second-order valence-corrected chi connectivity index (χ2v) is 7.65. The lowest BCUT2D eigenvalue weighted by atomic mass is 9.76. The highest BCUT2D eigenvalue weighted by Crippen LogP contribution is 2.38. The smallest absolute Gasteiger partial charge is 0.309 e. The fourth-order valence-electron chi connectivity index (χ4n) is 2.93. The minimum Gasteiger partial charge on any atom is -0.481 e. The quantitative estimate of drug-likeness (QED) is 0.922. The monoisotopic (exact) mass is 311 g/mol. The zero-order valence-corrected chi connectivity index (χ0v) is 13.2. The summed E-state index contributed by atoms with van der Waals surface area (Å²) in [4.78, 5) is 13.8. The van der Waals surface area contributed by atoms with Crippen molar-refractivity contribution in [3.8, 4) is 0 Å². The second-order valence-electron chi connectivity index (χ2n) is 5.67. The molecule has 116 valence electrons. The van der Waals surface area contributed by atoms with E-state index < -0.39 is 21.2 Å². The molecule has 1 fully saturated rings. The van der Waals surface area contributed by atoms with Crippen molar-refractivity contribution >= 4 is 21.5 Å². The number of nitrogens with zero attached hydrogens (tertiary/aromatic N) is 1. The van der Waals surface area contributed by atoms with Gasteiger partial charge in [-0.3, -0.25) is 4.79 Å². The normalized spacial score (nSPS) is 18.5. The van der Waals surface area contributed by atoms with Crippen LogP contribution >= 0.6 is 0 Å². The minimum absolute atomic E-state index is 0.310. The fraction of sp³-hybridized carbons (Fsp3) is 0.533. The average molecular weight is 311 g/mol. The van der Waals surface area contributed by atoms with Crippen LogP contribution in [0.2, 0.25) is 0 Å². The molecule has 0 amide bonds. The Labute approximate surface area is 125 Å². The molecule has 0 radical (unpaired) electrons. The van der Waals surface area contributed by atoms with Gasteiger partial charge in [-0.1, -0.05) is 19.1 Å². The van der Waals surface area contributed by atoms with Gasteiger partial charge in [0.25, 0.3) is 0 Å². The first-order valence-electron chi connectivity index (χ1n) is 7.07. The van der Waals surface area contributed by atoms with Crippen LogP contribution < -0.4 is 4.90 Å². The Hall–Kier alpha value is -1.56. The number of piperidine rings is 1. The van der Waals surface area contributed by atoms with Gasteiger partial charge in [-0.05, 0) is 31.4 Å². The molecule has 0 spiro atoms. The van der Waals surface area contributed by atoms with Crippen LogP contribution in [0.15, 0.2) is 29.2 Å². The lowest BCUT2D eigenvalue weighted by Gasteiger charge is -2.39. The number of para-hydroxylation sites is 1. The van der Waals surface area contributed by atoms with E-state index in [1.54, 1.807) is 18.2 Å². The molecule has 1 N–H and O–H groups in total. The maximum Gasteiger partial charge on any atom is 0.309 e. The van der Waals surface area contributed by atoms with Crippen molar-refractivity contribution in [1.82, 2.24) is 0 Å². The highest BCUT2D eigenvalue weighted by atomic mass is 32.2. The number of anilines is 1. The minimum atomic E-state index is -3.29. The Morgan fingerprint density at radius 1 is 1.29 bits per heavy atom. The number of aliphatic carboxylic acids is 1. The van der Waals surface area contributed by atoms with Crippen molar-refractivity contribution in [3.05, 3.63) is 24.3 Å². The summed E-state index contributed by atoms with van der Waals surface area (Å²) in [5.41, 5.74) is 0.00591. The maximum atomic E-state index is 11.9. The van der Waals surface area contributed by atoms with E-state index in [9.17, 15) is 18.3 Å². The molecule has 0 aliphatic carbocycles. The topological polar surface area (TPSA) is 74.7 Å². The molecule has 0 bridgehead atoms. The van der Waals surface area contributed by atoms with Gasteiger partial charge in [0.05, 0.1) is 16.0 Å². The molecule has 0 atom stereocenters. The first-order chi connectivity index (χ1) is 9.80. The van der Waals surface area contributed by atoms with Crippen LogP contribution in [0, 0.1) is 5.41 Å². The molecule has 1 aliphatic heterocycles. The first-order valence-corrected chi connectivity index (χ1v) is 8.97. The lowest BCUT2D eigenvalue weighted by molar-refractivity contribution is -0.150. The van der Waals surface area contributed by atoms with Crippen LogP contribution in [0.25, 0.3) is 0 Å². The molecule has 0 saturated carbocycles. The molecular formula is C15H21NO4S. The summed E-state index contributed by atoms with van der Waals surface area (Å²) in [6.07, 6.45) is 2.88. The summed E-state index contributed by atoms with van der Waals surface area (Å²) < 4.78 is 23.7. The molecule has 0 aromatic heterocycles. The summed E-state index contributed by atoms with van der Waals surface area (Å²) in [6.45, 7) is 3.02. The molecule has 5 nitrogen and oxygen atoms in total. The molecular weight excluding hydrogens is 290 g/mol. The highest BCUT2D eigenvalue weighted by Gasteiger charge is 2.40. The highest BCUT2D eigenvalue weighted by molar-refractivity contribution is 7.90. The van der Waals surface area contributed by atoms with Crippen molar-refractivity contribution in [2.75, 3.05) is 24.2 Å². The van der Waals surface area contributed by atoms with Crippen LogP contribution in [-0.2, 0) is 14.6 Å². The summed E-state index contributed by atoms with van der Waals surface area (Å²) in [7, 11) is -3.29. The number of carboxylic acid groups (broad SMARTS) is 1. The second kappa shape index (κ2) is 5.67.